The molecule has 0 radical (unpaired) electrons. The lowest BCUT2D eigenvalue weighted by atomic mass is 10.1. The minimum Gasteiger partial charge on any atom is -0.493 e. The van der Waals surface area contributed by atoms with E-state index in [1.165, 1.54) is 7.11 Å². The molecule has 1 saturated heterocycles. The summed E-state index contributed by atoms with van der Waals surface area (Å²) in [5.41, 5.74) is 0.169. The summed E-state index contributed by atoms with van der Waals surface area (Å²) in [5.74, 6) is -1.46. The molecule has 0 aromatic heterocycles. The van der Waals surface area contributed by atoms with Gasteiger partial charge in [-0.15, -0.1) is 0 Å². The van der Waals surface area contributed by atoms with E-state index in [4.69, 9.17) is 14.2 Å². The first-order chi connectivity index (χ1) is 15.8. The molecule has 1 heterocycles. The van der Waals surface area contributed by atoms with Crippen molar-refractivity contribution < 1.29 is 33.5 Å². The second-order valence-electron chi connectivity index (χ2n) is 7.03. The number of nitrogens with zero attached hydrogens (tertiary/aromatic N) is 2. The second-order valence-corrected chi connectivity index (χ2v) is 7.03. The number of ether oxygens (including phenoxy) is 3. The molecule has 2 aromatic carbocycles. The van der Waals surface area contributed by atoms with Gasteiger partial charge < -0.3 is 24.4 Å². The number of hydrogen-bond acceptors (Lipinski definition) is 8. The molecule has 11 nitrogen and oxygen atoms in total. The number of nitro benzene ring substituents is 1. The molecule has 0 atom stereocenters. The zero-order valence-corrected chi connectivity index (χ0v) is 18.2. The first-order valence-corrected chi connectivity index (χ1v) is 10.2. The molecule has 2 aromatic rings. The Bertz CT molecular complexity index is 1090. The van der Waals surface area contributed by atoms with E-state index >= 15 is 0 Å². The predicted molar refractivity (Wildman–Crippen MR) is 118 cm³/mol. The van der Waals surface area contributed by atoms with Gasteiger partial charge in [-0.2, -0.15) is 0 Å². The number of amides is 2. The third kappa shape index (κ3) is 5.56. The van der Waals surface area contributed by atoms with E-state index in [0.29, 0.717) is 24.3 Å². The Morgan fingerprint density at radius 2 is 2.00 bits per heavy atom. The molecular formula is C22H23N3O8. The zero-order chi connectivity index (χ0) is 24.0. The van der Waals surface area contributed by atoms with Gasteiger partial charge in [0.05, 0.1) is 24.7 Å². The van der Waals surface area contributed by atoms with Crippen LogP contribution < -0.4 is 19.7 Å². The first-order valence-electron chi connectivity index (χ1n) is 10.2. The summed E-state index contributed by atoms with van der Waals surface area (Å²) >= 11 is 0. The molecule has 0 bridgehead atoms. The van der Waals surface area contributed by atoms with Crippen LogP contribution in [0.15, 0.2) is 36.4 Å². The maximum atomic E-state index is 12.5. The molecule has 1 aliphatic rings. The minimum atomic E-state index is -1.06. The highest BCUT2D eigenvalue weighted by atomic mass is 16.6. The lowest BCUT2D eigenvalue weighted by molar-refractivity contribution is -0.385. The topological polar surface area (TPSA) is 137 Å². The van der Waals surface area contributed by atoms with Gasteiger partial charge in [-0.25, -0.2) is 4.79 Å². The van der Waals surface area contributed by atoms with Gasteiger partial charge in [0.2, 0.25) is 5.91 Å². The van der Waals surface area contributed by atoms with E-state index in [2.05, 4.69) is 5.32 Å². The number of rotatable bonds is 9. The van der Waals surface area contributed by atoms with Crippen molar-refractivity contribution in [2.75, 3.05) is 37.1 Å². The van der Waals surface area contributed by atoms with E-state index < -0.39 is 29.1 Å². The monoisotopic (exact) mass is 457 g/mol. The van der Waals surface area contributed by atoms with E-state index in [-0.39, 0.29) is 29.6 Å². The molecule has 3 rings (SSSR count). The summed E-state index contributed by atoms with van der Waals surface area (Å²) in [6.07, 6.45) is 1.25. The highest BCUT2D eigenvalue weighted by Crippen LogP contribution is 2.35. The number of carbonyl (C=O) groups excluding carboxylic acids is 3. The number of methoxy groups -OCH3 is 1. The lowest BCUT2D eigenvalue weighted by Crippen LogP contribution is -2.24. The van der Waals surface area contributed by atoms with Crippen LogP contribution in [0, 0.1) is 10.1 Å². The maximum absolute atomic E-state index is 12.5. The van der Waals surface area contributed by atoms with Crippen molar-refractivity contribution in [3.63, 3.8) is 0 Å². The summed E-state index contributed by atoms with van der Waals surface area (Å²) in [7, 11) is 1.32. The largest absolute Gasteiger partial charge is 0.493 e. The van der Waals surface area contributed by atoms with Gasteiger partial charge >= 0.3 is 5.97 Å². The van der Waals surface area contributed by atoms with Crippen molar-refractivity contribution in [1.29, 1.82) is 0 Å². The molecular weight excluding hydrogens is 434 g/mol. The van der Waals surface area contributed by atoms with Crippen LogP contribution in [-0.4, -0.2) is 49.6 Å². The Balaban J connectivity index is 1.68. The predicted octanol–water partition coefficient (Wildman–Crippen LogP) is 2.92. The Kier molecular flexibility index (Phi) is 7.44. The van der Waals surface area contributed by atoms with Gasteiger partial charge in [-0.1, -0.05) is 6.07 Å². The van der Waals surface area contributed by atoms with Crippen LogP contribution in [0.4, 0.5) is 17.1 Å². The molecule has 1 N–H and O–H groups in total. The van der Waals surface area contributed by atoms with Crippen molar-refractivity contribution >= 4 is 34.8 Å². The molecule has 33 heavy (non-hydrogen) atoms. The fraction of sp³-hybridized carbons (Fsp3) is 0.318. The third-order valence-electron chi connectivity index (χ3n) is 4.85. The van der Waals surface area contributed by atoms with Crippen molar-refractivity contribution in [2.24, 2.45) is 0 Å². The Morgan fingerprint density at radius 1 is 1.21 bits per heavy atom. The number of benzene rings is 2. The van der Waals surface area contributed by atoms with Crippen LogP contribution in [0.1, 0.15) is 30.1 Å². The lowest BCUT2D eigenvalue weighted by Gasteiger charge is -2.16. The number of anilines is 2. The van der Waals surface area contributed by atoms with Crippen LogP contribution in [-0.2, 0) is 14.3 Å². The van der Waals surface area contributed by atoms with Crippen LogP contribution in [0.2, 0.25) is 0 Å². The normalized spacial score (nSPS) is 12.9. The number of nitro groups is 1. The fourth-order valence-corrected chi connectivity index (χ4v) is 3.37. The summed E-state index contributed by atoms with van der Waals surface area (Å²) in [5, 5.41) is 14.0. The molecule has 2 amide bonds. The van der Waals surface area contributed by atoms with Crippen LogP contribution in [0.5, 0.6) is 11.5 Å². The smallest absolute Gasteiger partial charge is 0.345 e. The van der Waals surface area contributed by atoms with Gasteiger partial charge in [0.1, 0.15) is 5.56 Å². The molecule has 1 fully saturated rings. The molecule has 0 spiro atoms. The summed E-state index contributed by atoms with van der Waals surface area (Å²) < 4.78 is 15.4. The SMILES string of the molecule is CCOc1cc(C(=O)OCC(=O)Nc2cccc(N3CCCC3=O)c2)c([N+](=O)[O-])cc1OC. The molecule has 0 unspecified atom stereocenters. The average Bonchev–Trinajstić information content (AvgIpc) is 3.23. The van der Waals surface area contributed by atoms with E-state index in [9.17, 15) is 24.5 Å². The Morgan fingerprint density at radius 3 is 2.64 bits per heavy atom. The summed E-state index contributed by atoms with van der Waals surface area (Å²) in [4.78, 5) is 49.0. The van der Waals surface area contributed by atoms with Gasteiger partial charge in [0, 0.05) is 30.4 Å². The van der Waals surface area contributed by atoms with Crippen molar-refractivity contribution in [2.45, 2.75) is 19.8 Å². The number of esters is 1. The molecule has 1 aliphatic heterocycles. The molecule has 174 valence electrons. The second kappa shape index (κ2) is 10.4. The van der Waals surface area contributed by atoms with Crippen molar-refractivity contribution in [3.05, 3.63) is 52.1 Å². The van der Waals surface area contributed by atoms with Crippen molar-refractivity contribution in [3.8, 4) is 11.5 Å². The standard InChI is InChI=1S/C22H23N3O8/c1-3-32-19-11-16(17(25(29)30)12-18(19)31-2)22(28)33-13-20(26)23-14-6-4-7-15(10-14)24-9-5-8-21(24)27/h4,6-7,10-12H,3,5,8-9,13H2,1-2H3,(H,23,26). The van der Waals surface area contributed by atoms with E-state index in [0.717, 1.165) is 18.6 Å². The quantitative estimate of drug-likeness (QED) is 0.345. The van der Waals surface area contributed by atoms with Gasteiger partial charge in [0.15, 0.2) is 18.1 Å². The van der Waals surface area contributed by atoms with E-state index in [1.54, 1.807) is 36.1 Å². The summed E-state index contributed by atoms with van der Waals surface area (Å²) in [6.45, 7) is 1.89. The van der Waals surface area contributed by atoms with Gasteiger partial charge in [-0.3, -0.25) is 19.7 Å². The maximum Gasteiger partial charge on any atom is 0.345 e. The van der Waals surface area contributed by atoms with Gasteiger partial charge in [-0.05, 0) is 31.5 Å². The van der Waals surface area contributed by atoms with Crippen LogP contribution >= 0.6 is 0 Å². The Hall–Kier alpha value is -4.15. The summed E-state index contributed by atoms with van der Waals surface area (Å²) in [6, 6.07) is 8.94. The molecule has 11 heteroatoms. The number of hydrogen-bond donors (Lipinski definition) is 1. The van der Waals surface area contributed by atoms with Crippen LogP contribution in [0.25, 0.3) is 0 Å². The zero-order valence-electron chi connectivity index (χ0n) is 18.2. The minimum absolute atomic E-state index is 0.0138. The molecule has 0 saturated carbocycles. The van der Waals surface area contributed by atoms with Crippen LogP contribution in [0.3, 0.4) is 0 Å². The third-order valence-corrected chi connectivity index (χ3v) is 4.85. The number of carbonyl (C=O) groups is 3. The Labute approximate surface area is 189 Å². The highest BCUT2D eigenvalue weighted by Gasteiger charge is 2.26. The molecule has 0 aliphatic carbocycles. The number of nitrogens with one attached hydrogen (secondary N) is 1. The average molecular weight is 457 g/mol. The fourth-order valence-electron chi connectivity index (χ4n) is 3.37. The van der Waals surface area contributed by atoms with E-state index in [1.807, 2.05) is 0 Å². The first kappa shape index (κ1) is 23.5. The highest BCUT2D eigenvalue weighted by molar-refractivity contribution is 5.99. The van der Waals surface area contributed by atoms with Crippen molar-refractivity contribution in [1.82, 2.24) is 0 Å². The van der Waals surface area contributed by atoms with Gasteiger partial charge in [0.25, 0.3) is 11.6 Å².